The molecular weight excluding hydrogens is 487 g/mol. The van der Waals surface area contributed by atoms with Crippen LogP contribution in [-0.2, 0) is 17.8 Å². The van der Waals surface area contributed by atoms with Crippen molar-refractivity contribution >= 4 is 22.7 Å². The van der Waals surface area contributed by atoms with E-state index < -0.39 is 24.2 Å². The van der Waals surface area contributed by atoms with Crippen molar-refractivity contribution in [2.75, 3.05) is 6.54 Å². The molecule has 4 aromatic rings. The summed E-state index contributed by atoms with van der Waals surface area (Å²) in [5.41, 5.74) is 9.66. The molecule has 3 N–H and O–H groups in total. The number of hydrogen-bond acceptors (Lipinski definition) is 6. The monoisotopic (exact) mass is 516 g/mol. The number of aliphatic hydroxyl groups excluding tert-OH is 1. The van der Waals surface area contributed by atoms with Crippen LogP contribution in [0.5, 0.6) is 0 Å². The highest BCUT2D eigenvalue weighted by atomic mass is 19.1. The van der Waals surface area contributed by atoms with Gasteiger partial charge in [-0.1, -0.05) is 12.1 Å². The number of fused-ring (bicyclic) bond motifs is 1. The zero-order valence-electron chi connectivity index (χ0n) is 21.2. The quantitative estimate of drug-likeness (QED) is 0.389. The third-order valence-electron chi connectivity index (χ3n) is 6.99. The molecule has 0 unspecified atom stereocenters. The van der Waals surface area contributed by atoms with Crippen molar-refractivity contribution in [2.45, 2.75) is 51.6 Å². The number of carbonyl (C=O) groups is 2. The summed E-state index contributed by atoms with van der Waals surface area (Å²) in [6, 6.07) is 10.3. The smallest absolute Gasteiger partial charge is 0.250 e. The lowest BCUT2D eigenvalue weighted by molar-refractivity contribution is -0.134. The van der Waals surface area contributed by atoms with Crippen molar-refractivity contribution in [2.24, 2.45) is 5.73 Å². The van der Waals surface area contributed by atoms with Gasteiger partial charge in [-0.25, -0.2) is 14.4 Å². The molecule has 1 aliphatic rings. The molecule has 0 aliphatic carbocycles. The van der Waals surface area contributed by atoms with E-state index in [1.54, 1.807) is 36.1 Å². The SMILES string of the molecule is Cc1cccc(C[C@@H](O)[C@H]2C[C@@H](F)CN2C(=O)Cn2cc(C(N)=O)c3cc(-c4cnc(C)nc4)ccc32)n1. The Bertz CT molecular complexity index is 1500. The first-order chi connectivity index (χ1) is 18.2. The maximum atomic E-state index is 14.5. The summed E-state index contributed by atoms with van der Waals surface area (Å²) in [5.74, 6) is -0.328. The number of pyridine rings is 1. The Morgan fingerprint density at radius 3 is 2.63 bits per heavy atom. The van der Waals surface area contributed by atoms with E-state index in [-0.39, 0.29) is 37.4 Å². The molecule has 4 heterocycles. The lowest BCUT2D eigenvalue weighted by atomic mass is 10.0. The van der Waals surface area contributed by atoms with Gasteiger partial charge in [0.15, 0.2) is 0 Å². The second-order valence-electron chi connectivity index (χ2n) is 9.77. The van der Waals surface area contributed by atoms with Gasteiger partial charge in [-0.15, -0.1) is 0 Å². The molecule has 2 amide bonds. The van der Waals surface area contributed by atoms with E-state index in [0.717, 1.165) is 16.8 Å². The summed E-state index contributed by atoms with van der Waals surface area (Å²) in [4.78, 5) is 39.9. The van der Waals surface area contributed by atoms with Crippen molar-refractivity contribution < 1.29 is 19.1 Å². The van der Waals surface area contributed by atoms with Crippen LogP contribution in [0, 0.1) is 13.8 Å². The van der Waals surface area contributed by atoms with Gasteiger partial charge in [0.2, 0.25) is 5.91 Å². The Hall–Kier alpha value is -4.18. The van der Waals surface area contributed by atoms with Gasteiger partial charge in [0.05, 0.1) is 24.3 Å². The number of aliphatic hydroxyl groups is 1. The van der Waals surface area contributed by atoms with Crippen LogP contribution in [-0.4, -0.2) is 66.2 Å². The molecule has 0 radical (unpaired) electrons. The maximum absolute atomic E-state index is 14.5. The molecule has 0 spiro atoms. The first-order valence-electron chi connectivity index (χ1n) is 12.5. The number of nitrogens with zero attached hydrogens (tertiary/aromatic N) is 5. The normalized spacial score (nSPS) is 18.2. The second-order valence-corrected chi connectivity index (χ2v) is 9.77. The highest BCUT2D eigenvalue weighted by Gasteiger charge is 2.39. The molecule has 9 nitrogen and oxygen atoms in total. The highest BCUT2D eigenvalue weighted by molar-refractivity contribution is 6.07. The molecular formula is C28H29FN6O3. The van der Waals surface area contributed by atoms with Gasteiger partial charge in [0.25, 0.3) is 5.91 Å². The fraction of sp³-hybridized carbons (Fsp3) is 0.321. The number of amides is 2. The minimum absolute atomic E-state index is 0.0552. The minimum Gasteiger partial charge on any atom is -0.391 e. The Morgan fingerprint density at radius 2 is 1.92 bits per heavy atom. The van der Waals surface area contributed by atoms with Crippen molar-refractivity contribution in [1.82, 2.24) is 24.4 Å². The second kappa shape index (κ2) is 10.3. The van der Waals surface area contributed by atoms with Crippen LogP contribution in [0.15, 0.2) is 55.0 Å². The minimum atomic E-state index is -1.23. The molecule has 0 bridgehead atoms. The van der Waals surface area contributed by atoms with Crippen LogP contribution >= 0.6 is 0 Å². The van der Waals surface area contributed by atoms with E-state index in [1.807, 2.05) is 37.3 Å². The largest absolute Gasteiger partial charge is 0.391 e. The summed E-state index contributed by atoms with van der Waals surface area (Å²) >= 11 is 0. The summed E-state index contributed by atoms with van der Waals surface area (Å²) in [5, 5.41) is 11.5. The number of rotatable bonds is 7. The molecule has 3 aromatic heterocycles. The van der Waals surface area contributed by atoms with Crippen LogP contribution in [0.2, 0.25) is 0 Å². The molecule has 38 heavy (non-hydrogen) atoms. The summed E-state index contributed by atoms with van der Waals surface area (Å²) < 4.78 is 16.1. The van der Waals surface area contributed by atoms with E-state index >= 15 is 0 Å². The molecule has 1 fully saturated rings. The van der Waals surface area contributed by atoms with Gasteiger partial charge in [-0.2, -0.15) is 0 Å². The Kier molecular flexibility index (Phi) is 6.90. The predicted molar refractivity (Wildman–Crippen MR) is 140 cm³/mol. The van der Waals surface area contributed by atoms with E-state index in [1.165, 1.54) is 4.90 Å². The number of aromatic nitrogens is 4. The van der Waals surface area contributed by atoms with Crippen LogP contribution in [0.1, 0.15) is 34.0 Å². The number of hydrogen-bond donors (Lipinski definition) is 2. The van der Waals surface area contributed by atoms with Crippen molar-refractivity contribution in [1.29, 1.82) is 0 Å². The number of alkyl halides is 1. The summed E-state index contributed by atoms with van der Waals surface area (Å²) in [7, 11) is 0. The third kappa shape index (κ3) is 5.12. The van der Waals surface area contributed by atoms with Crippen LogP contribution in [0.25, 0.3) is 22.0 Å². The highest BCUT2D eigenvalue weighted by Crippen LogP contribution is 2.29. The molecule has 1 aliphatic heterocycles. The molecule has 5 rings (SSSR count). The molecule has 1 saturated heterocycles. The lowest BCUT2D eigenvalue weighted by Gasteiger charge is -2.28. The van der Waals surface area contributed by atoms with E-state index in [9.17, 15) is 19.1 Å². The molecule has 1 aromatic carbocycles. The Balaban J connectivity index is 1.40. The van der Waals surface area contributed by atoms with Crippen LogP contribution in [0.3, 0.4) is 0 Å². The average molecular weight is 517 g/mol. The number of likely N-dealkylation sites (tertiary alicyclic amines) is 1. The third-order valence-corrected chi connectivity index (χ3v) is 6.99. The fourth-order valence-corrected chi connectivity index (χ4v) is 5.11. The molecule has 3 atom stereocenters. The number of nitrogens with two attached hydrogens (primary N) is 1. The predicted octanol–water partition coefficient (Wildman–Crippen LogP) is 2.75. The van der Waals surface area contributed by atoms with E-state index in [0.29, 0.717) is 22.4 Å². The van der Waals surface area contributed by atoms with Gasteiger partial charge in [-0.05, 0) is 43.7 Å². The van der Waals surface area contributed by atoms with Gasteiger partial charge < -0.3 is 20.3 Å². The number of halogens is 1. The number of carbonyl (C=O) groups excluding carboxylic acids is 2. The topological polar surface area (TPSA) is 127 Å². The lowest BCUT2D eigenvalue weighted by Crippen LogP contribution is -2.45. The number of benzene rings is 1. The zero-order chi connectivity index (χ0) is 27.0. The van der Waals surface area contributed by atoms with Crippen LogP contribution < -0.4 is 5.73 Å². The van der Waals surface area contributed by atoms with Crippen molar-refractivity contribution in [3.05, 3.63) is 77.8 Å². The van der Waals surface area contributed by atoms with Gasteiger partial charge in [0, 0.05) is 59.3 Å². The Morgan fingerprint density at radius 1 is 1.16 bits per heavy atom. The maximum Gasteiger partial charge on any atom is 0.250 e. The zero-order valence-corrected chi connectivity index (χ0v) is 21.2. The van der Waals surface area contributed by atoms with E-state index in [2.05, 4.69) is 15.0 Å². The first kappa shape index (κ1) is 25.5. The average Bonchev–Trinajstić information content (AvgIpc) is 3.45. The van der Waals surface area contributed by atoms with Crippen molar-refractivity contribution in [3.63, 3.8) is 0 Å². The standard InChI is InChI=1S/C28H29FN6O3/c1-16-4-3-5-21(33-16)10-26(36)25-9-20(29)13-35(25)27(37)15-34-14-23(28(30)38)22-8-18(6-7-24(22)34)19-11-31-17(2)32-12-19/h3-8,11-12,14,20,25-26,36H,9-10,13,15H2,1-2H3,(H2,30,38)/t20-,25-,26-/m1/s1. The van der Waals surface area contributed by atoms with Gasteiger partial charge in [0.1, 0.15) is 18.5 Å². The van der Waals surface area contributed by atoms with Gasteiger partial charge in [-0.3, -0.25) is 14.6 Å². The molecule has 196 valence electrons. The summed E-state index contributed by atoms with van der Waals surface area (Å²) in [6.45, 7) is 3.43. The molecule has 10 heteroatoms. The van der Waals surface area contributed by atoms with Crippen molar-refractivity contribution in [3.8, 4) is 11.1 Å². The van der Waals surface area contributed by atoms with E-state index in [4.69, 9.17) is 5.73 Å². The van der Waals surface area contributed by atoms with Gasteiger partial charge >= 0.3 is 0 Å². The number of primary amides is 1. The molecule has 0 saturated carbocycles. The van der Waals surface area contributed by atoms with Crippen LogP contribution in [0.4, 0.5) is 4.39 Å². The fourth-order valence-electron chi connectivity index (χ4n) is 5.11. The Labute approximate surface area is 219 Å². The number of aryl methyl sites for hydroxylation is 2. The first-order valence-corrected chi connectivity index (χ1v) is 12.5. The summed E-state index contributed by atoms with van der Waals surface area (Å²) in [6.07, 6.45) is 3.03.